The van der Waals surface area contributed by atoms with Gasteiger partial charge in [0.1, 0.15) is 5.75 Å². The molecule has 1 aromatic heterocycles. The Morgan fingerprint density at radius 2 is 1.76 bits per heavy atom. The van der Waals surface area contributed by atoms with Crippen molar-refractivity contribution < 1.29 is 5.11 Å². The summed E-state index contributed by atoms with van der Waals surface area (Å²) in [6.45, 7) is 2.10. The van der Waals surface area contributed by atoms with E-state index in [4.69, 9.17) is 4.98 Å². The first-order valence-electron chi connectivity index (χ1n) is 12.2. The summed E-state index contributed by atoms with van der Waals surface area (Å²) in [6, 6.07) is 28.4. The fourth-order valence-corrected chi connectivity index (χ4v) is 7.08. The van der Waals surface area contributed by atoms with Crippen molar-refractivity contribution in [1.82, 2.24) is 9.88 Å². The Bertz CT molecular complexity index is 1360. The molecule has 0 amide bonds. The van der Waals surface area contributed by atoms with Gasteiger partial charge in [0, 0.05) is 35.5 Å². The minimum atomic E-state index is 0.0621. The van der Waals surface area contributed by atoms with Crippen LogP contribution in [0.1, 0.15) is 34.4 Å². The summed E-state index contributed by atoms with van der Waals surface area (Å²) in [7, 11) is 0. The van der Waals surface area contributed by atoms with Gasteiger partial charge in [-0.1, -0.05) is 54.6 Å². The maximum absolute atomic E-state index is 10.4. The lowest BCUT2D eigenvalue weighted by Crippen LogP contribution is -2.62. The smallest absolute Gasteiger partial charge is 0.115 e. The number of piperidine rings is 1. The second-order valence-electron chi connectivity index (χ2n) is 10.2. The molecule has 3 atom stereocenters. The Morgan fingerprint density at radius 1 is 0.909 bits per heavy atom. The second-order valence-corrected chi connectivity index (χ2v) is 10.2. The Hall–Kier alpha value is -3.17. The van der Waals surface area contributed by atoms with Gasteiger partial charge in [-0.15, -0.1) is 0 Å². The molecule has 1 N–H and O–H groups in total. The maximum Gasteiger partial charge on any atom is 0.115 e. The molecule has 3 heteroatoms. The topological polar surface area (TPSA) is 36.4 Å². The molecule has 0 saturated carbocycles. The first kappa shape index (κ1) is 19.3. The molecule has 0 spiro atoms. The van der Waals surface area contributed by atoms with E-state index in [0.29, 0.717) is 17.7 Å². The number of hydrogen-bond acceptors (Lipinski definition) is 3. The third-order valence-corrected chi connectivity index (χ3v) is 8.59. The van der Waals surface area contributed by atoms with Crippen LogP contribution in [0.15, 0.2) is 78.9 Å². The number of phenolic OH excluding ortho intramolecular Hbond substituents is 1. The van der Waals surface area contributed by atoms with Crippen molar-refractivity contribution in [1.29, 1.82) is 0 Å². The molecule has 3 aromatic carbocycles. The molecule has 4 aromatic rings. The zero-order valence-corrected chi connectivity index (χ0v) is 18.7. The number of rotatable bonds is 2. The van der Waals surface area contributed by atoms with Gasteiger partial charge in [0.05, 0.1) is 5.52 Å². The van der Waals surface area contributed by atoms with Crippen molar-refractivity contribution in [2.24, 2.45) is 5.92 Å². The number of benzene rings is 3. The van der Waals surface area contributed by atoms with Gasteiger partial charge in [0.15, 0.2) is 0 Å². The van der Waals surface area contributed by atoms with E-state index < -0.39 is 0 Å². The van der Waals surface area contributed by atoms with E-state index in [9.17, 15) is 5.11 Å². The van der Waals surface area contributed by atoms with Gasteiger partial charge < -0.3 is 5.11 Å². The molecule has 3 nitrogen and oxygen atoms in total. The Morgan fingerprint density at radius 3 is 2.67 bits per heavy atom. The van der Waals surface area contributed by atoms with Crippen molar-refractivity contribution in [3.8, 4) is 5.75 Å². The Kier molecular flexibility index (Phi) is 4.19. The minimum Gasteiger partial charge on any atom is -0.508 e. The lowest BCUT2D eigenvalue weighted by molar-refractivity contribution is 0.00231. The molecular formula is C30H28N2O. The third-order valence-electron chi connectivity index (χ3n) is 8.59. The largest absolute Gasteiger partial charge is 0.508 e. The summed E-state index contributed by atoms with van der Waals surface area (Å²) in [5, 5.41) is 11.7. The highest BCUT2D eigenvalue weighted by atomic mass is 16.3. The van der Waals surface area contributed by atoms with Crippen LogP contribution in [0.2, 0.25) is 0 Å². The van der Waals surface area contributed by atoms with Crippen LogP contribution in [-0.4, -0.2) is 27.6 Å². The molecule has 3 aliphatic rings. The van der Waals surface area contributed by atoms with Crippen LogP contribution in [0.4, 0.5) is 0 Å². The van der Waals surface area contributed by atoms with Crippen molar-refractivity contribution in [2.75, 3.05) is 6.54 Å². The molecule has 2 aliphatic carbocycles. The number of aromatic hydroxyl groups is 1. The SMILES string of the molecule is Oc1ccc2c(c1)[C@]13CCN(Cc4ccccc4)[C@H](C2)[C@@H]1Cc1cc2ccccc2nc1C3. The number of phenols is 1. The van der Waals surface area contributed by atoms with E-state index in [1.807, 2.05) is 6.07 Å². The summed E-state index contributed by atoms with van der Waals surface area (Å²) in [4.78, 5) is 7.88. The highest BCUT2D eigenvalue weighted by Crippen LogP contribution is 2.55. The van der Waals surface area contributed by atoms with Crippen LogP contribution >= 0.6 is 0 Å². The van der Waals surface area contributed by atoms with Gasteiger partial charge in [-0.25, -0.2) is 0 Å². The lowest BCUT2D eigenvalue weighted by Gasteiger charge is -2.59. The van der Waals surface area contributed by atoms with Crippen molar-refractivity contribution >= 4 is 10.9 Å². The van der Waals surface area contributed by atoms with Gasteiger partial charge >= 0.3 is 0 Å². The maximum atomic E-state index is 10.4. The Balaban J connectivity index is 1.36. The average Bonchev–Trinajstić information content (AvgIpc) is 2.84. The zero-order valence-electron chi connectivity index (χ0n) is 18.7. The van der Waals surface area contributed by atoms with Crippen LogP contribution in [0.5, 0.6) is 5.75 Å². The van der Waals surface area contributed by atoms with Gasteiger partial charge in [-0.3, -0.25) is 9.88 Å². The number of likely N-dealkylation sites (tertiary alicyclic amines) is 1. The average molecular weight is 433 g/mol. The lowest BCUT2D eigenvalue weighted by atomic mass is 9.52. The van der Waals surface area contributed by atoms with Crippen LogP contribution in [0, 0.1) is 5.92 Å². The predicted molar refractivity (Wildman–Crippen MR) is 131 cm³/mol. The summed E-state index contributed by atoms with van der Waals surface area (Å²) in [5.41, 5.74) is 8.02. The summed E-state index contributed by atoms with van der Waals surface area (Å²) < 4.78 is 0. The molecule has 0 unspecified atom stereocenters. The highest BCUT2D eigenvalue weighted by Gasteiger charge is 2.55. The van der Waals surface area contributed by atoms with Crippen LogP contribution < -0.4 is 0 Å². The number of hydrogen-bond donors (Lipinski definition) is 1. The molecule has 2 heterocycles. The predicted octanol–water partition coefficient (Wildman–Crippen LogP) is 5.42. The second kappa shape index (κ2) is 7.16. The third kappa shape index (κ3) is 2.95. The molecule has 7 rings (SSSR count). The fraction of sp³-hybridized carbons (Fsp3) is 0.300. The minimum absolute atomic E-state index is 0.0621. The standard InChI is InChI=1S/C30H28N2O/c33-24-11-10-21-16-29-26-15-23-14-22-8-4-5-9-27(22)31-28(23)18-30(26,25(21)17-24)12-13-32(29)19-20-6-2-1-3-7-20/h1-11,14,17,26,29,33H,12-13,15-16,18-19H2/t26-,29+,30+/m0/s1. The van der Waals surface area contributed by atoms with Crippen LogP contribution in [0.3, 0.4) is 0 Å². The van der Waals surface area contributed by atoms with Crippen molar-refractivity contribution in [3.05, 3.63) is 107 Å². The number of para-hydroxylation sites is 1. The van der Waals surface area contributed by atoms with Crippen LogP contribution in [0.25, 0.3) is 10.9 Å². The molecular weight excluding hydrogens is 404 g/mol. The zero-order chi connectivity index (χ0) is 22.0. The van der Waals surface area contributed by atoms with Crippen molar-refractivity contribution in [2.45, 2.75) is 43.7 Å². The van der Waals surface area contributed by atoms with E-state index in [0.717, 1.165) is 44.3 Å². The van der Waals surface area contributed by atoms with Gasteiger partial charge in [0.2, 0.25) is 0 Å². The van der Waals surface area contributed by atoms with E-state index in [1.165, 1.54) is 33.3 Å². The fourth-order valence-electron chi connectivity index (χ4n) is 7.08. The molecule has 1 fully saturated rings. The number of nitrogens with zero attached hydrogens (tertiary/aromatic N) is 2. The number of aromatic nitrogens is 1. The normalized spacial score (nSPS) is 25.8. The van der Waals surface area contributed by atoms with Crippen LogP contribution in [-0.2, 0) is 31.2 Å². The van der Waals surface area contributed by atoms with Gasteiger partial charge in [0.25, 0.3) is 0 Å². The molecule has 164 valence electrons. The number of fused-ring (bicyclic) bond motifs is 3. The van der Waals surface area contributed by atoms with Gasteiger partial charge in [-0.2, -0.15) is 0 Å². The molecule has 1 aliphatic heterocycles. The van der Waals surface area contributed by atoms with Gasteiger partial charge in [-0.05, 0) is 78.2 Å². The molecule has 2 bridgehead atoms. The summed E-state index contributed by atoms with van der Waals surface area (Å²) >= 11 is 0. The first-order chi connectivity index (χ1) is 16.2. The molecule has 1 saturated heterocycles. The first-order valence-corrected chi connectivity index (χ1v) is 12.2. The quantitative estimate of drug-likeness (QED) is 0.459. The molecule has 0 radical (unpaired) electrons. The summed E-state index contributed by atoms with van der Waals surface area (Å²) in [6.07, 6.45) is 4.22. The van der Waals surface area contributed by atoms with E-state index in [-0.39, 0.29) is 5.41 Å². The highest BCUT2D eigenvalue weighted by molar-refractivity contribution is 5.79. The van der Waals surface area contributed by atoms with Crippen molar-refractivity contribution in [3.63, 3.8) is 0 Å². The monoisotopic (exact) mass is 432 g/mol. The van der Waals surface area contributed by atoms with E-state index in [2.05, 4.69) is 77.7 Å². The van der Waals surface area contributed by atoms with E-state index in [1.54, 1.807) is 0 Å². The summed E-state index contributed by atoms with van der Waals surface area (Å²) in [5.74, 6) is 0.934. The Labute approximate surface area is 194 Å². The number of pyridine rings is 1. The molecule has 33 heavy (non-hydrogen) atoms. The van der Waals surface area contributed by atoms with E-state index >= 15 is 0 Å².